The van der Waals surface area contributed by atoms with Gasteiger partial charge in [-0.1, -0.05) is 5.21 Å². The van der Waals surface area contributed by atoms with Crippen molar-refractivity contribution in [3.8, 4) is 5.75 Å². The van der Waals surface area contributed by atoms with Gasteiger partial charge in [-0.25, -0.2) is 0 Å². The molecule has 2 aromatic heterocycles. The Morgan fingerprint density at radius 2 is 2.13 bits per heavy atom. The fourth-order valence-corrected chi connectivity index (χ4v) is 1.94. The highest BCUT2D eigenvalue weighted by Gasteiger charge is 2.28. The molecule has 0 aliphatic carbocycles. The summed E-state index contributed by atoms with van der Waals surface area (Å²) < 4.78 is 42.4. The first-order chi connectivity index (χ1) is 10.7. The van der Waals surface area contributed by atoms with Crippen LogP contribution >= 0.6 is 0 Å². The number of nitrogens with zero attached hydrogens (tertiary/aromatic N) is 4. The van der Waals surface area contributed by atoms with Crippen molar-refractivity contribution in [3.63, 3.8) is 0 Å². The van der Waals surface area contributed by atoms with E-state index in [1.165, 1.54) is 16.8 Å². The SMILES string of the molecule is Cn1cc([C@H](CC(N)=O)c2ccc(OCC(F)(F)F)cn2)nn1. The third-order valence-corrected chi connectivity index (χ3v) is 2.90. The minimum Gasteiger partial charge on any atom is -0.483 e. The Balaban J connectivity index is 2.17. The number of nitrogens with two attached hydrogens (primary N) is 1. The molecule has 23 heavy (non-hydrogen) atoms. The molecule has 0 bridgehead atoms. The van der Waals surface area contributed by atoms with Crippen molar-refractivity contribution < 1.29 is 22.7 Å². The number of carbonyl (C=O) groups is 1. The van der Waals surface area contributed by atoms with Crippen molar-refractivity contribution in [1.82, 2.24) is 20.0 Å². The van der Waals surface area contributed by atoms with Gasteiger partial charge in [-0.3, -0.25) is 14.5 Å². The van der Waals surface area contributed by atoms with Gasteiger partial charge in [0.15, 0.2) is 6.61 Å². The van der Waals surface area contributed by atoms with Gasteiger partial charge < -0.3 is 10.5 Å². The van der Waals surface area contributed by atoms with E-state index in [1.807, 2.05) is 0 Å². The van der Waals surface area contributed by atoms with Gasteiger partial charge >= 0.3 is 6.18 Å². The maximum absolute atomic E-state index is 12.1. The van der Waals surface area contributed by atoms with Crippen LogP contribution in [-0.4, -0.2) is 38.7 Å². The number of rotatable bonds is 6. The van der Waals surface area contributed by atoms with Gasteiger partial charge in [-0.2, -0.15) is 13.2 Å². The first-order valence-electron chi connectivity index (χ1n) is 6.54. The fourth-order valence-electron chi connectivity index (χ4n) is 1.94. The minimum atomic E-state index is -4.42. The number of alkyl halides is 3. The number of carbonyl (C=O) groups excluding carboxylic acids is 1. The second-order valence-corrected chi connectivity index (χ2v) is 4.86. The maximum Gasteiger partial charge on any atom is 0.422 e. The van der Waals surface area contributed by atoms with Crippen LogP contribution in [-0.2, 0) is 11.8 Å². The average Bonchev–Trinajstić information content (AvgIpc) is 2.89. The normalized spacial score (nSPS) is 12.9. The lowest BCUT2D eigenvalue weighted by Gasteiger charge is -2.13. The largest absolute Gasteiger partial charge is 0.483 e. The Hall–Kier alpha value is -2.65. The topological polar surface area (TPSA) is 95.9 Å². The average molecular weight is 329 g/mol. The zero-order valence-corrected chi connectivity index (χ0v) is 12.1. The number of aryl methyl sites for hydroxylation is 1. The second kappa shape index (κ2) is 6.63. The van der Waals surface area contributed by atoms with Crippen LogP contribution in [0.25, 0.3) is 0 Å². The van der Waals surface area contributed by atoms with E-state index in [0.717, 1.165) is 6.20 Å². The van der Waals surface area contributed by atoms with E-state index >= 15 is 0 Å². The molecule has 1 atom stereocenters. The summed E-state index contributed by atoms with van der Waals surface area (Å²) >= 11 is 0. The molecule has 0 unspecified atom stereocenters. The van der Waals surface area contributed by atoms with E-state index in [-0.39, 0.29) is 12.2 Å². The van der Waals surface area contributed by atoms with Gasteiger partial charge in [0.1, 0.15) is 5.75 Å². The smallest absolute Gasteiger partial charge is 0.422 e. The Morgan fingerprint density at radius 3 is 2.61 bits per heavy atom. The minimum absolute atomic E-state index is 0.0250. The molecule has 0 aromatic carbocycles. The summed E-state index contributed by atoms with van der Waals surface area (Å²) in [6.45, 7) is -1.40. The highest BCUT2D eigenvalue weighted by molar-refractivity contribution is 5.75. The molecule has 0 saturated carbocycles. The van der Waals surface area contributed by atoms with Crippen LogP contribution < -0.4 is 10.5 Å². The summed E-state index contributed by atoms with van der Waals surface area (Å²) in [5.41, 5.74) is 6.15. The summed E-state index contributed by atoms with van der Waals surface area (Å²) in [4.78, 5) is 15.3. The van der Waals surface area contributed by atoms with Crippen LogP contribution in [0.2, 0.25) is 0 Å². The Kier molecular flexibility index (Phi) is 4.82. The number of hydrogen-bond donors (Lipinski definition) is 1. The van der Waals surface area contributed by atoms with Crippen LogP contribution in [0, 0.1) is 0 Å². The molecule has 2 N–H and O–H groups in total. The van der Waals surface area contributed by atoms with Crippen molar-refractivity contribution in [2.45, 2.75) is 18.5 Å². The van der Waals surface area contributed by atoms with Crippen LogP contribution in [0.1, 0.15) is 23.7 Å². The standard InChI is InChI=1S/C13H14F3N5O2/c1-21-6-11(19-20-21)9(4-12(17)22)10-3-2-8(5-18-10)23-7-13(14,15)16/h2-3,5-6,9H,4,7H2,1H3,(H2,17,22)/t9-/m1/s1. The molecule has 0 aliphatic heterocycles. The third kappa shape index (κ3) is 4.94. The predicted molar refractivity (Wildman–Crippen MR) is 72.4 cm³/mol. The van der Waals surface area contributed by atoms with E-state index in [2.05, 4.69) is 20.0 Å². The Labute approximate surface area is 129 Å². The summed E-state index contributed by atoms with van der Waals surface area (Å²) in [5.74, 6) is -1.11. The van der Waals surface area contributed by atoms with Gasteiger partial charge in [0.25, 0.3) is 0 Å². The zero-order valence-electron chi connectivity index (χ0n) is 12.1. The quantitative estimate of drug-likeness (QED) is 0.858. The second-order valence-electron chi connectivity index (χ2n) is 4.86. The molecule has 0 radical (unpaired) electrons. The molecule has 10 heteroatoms. The van der Waals surface area contributed by atoms with Crippen LogP contribution in [0.5, 0.6) is 5.75 Å². The number of primary amides is 1. The Morgan fingerprint density at radius 1 is 1.39 bits per heavy atom. The molecular weight excluding hydrogens is 315 g/mol. The summed E-state index contributed by atoms with van der Waals surface area (Å²) in [7, 11) is 1.67. The number of pyridine rings is 1. The third-order valence-electron chi connectivity index (χ3n) is 2.90. The van der Waals surface area contributed by atoms with E-state index in [1.54, 1.807) is 13.2 Å². The van der Waals surface area contributed by atoms with Crippen LogP contribution in [0.3, 0.4) is 0 Å². The molecule has 2 rings (SSSR count). The summed E-state index contributed by atoms with van der Waals surface area (Å²) in [6.07, 6.45) is -1.70. The van der Waals surface area contributed by atoms with E-state index in [9.17, 15) is 18.0 Å². The molecule has 1 amide bonds. The van der Waals surface area contributed by atoms with E-state index in [4.69, 9.17) is 5.73 Å². The summed E-state index contributed by atoms with van der Waals surface area (Å²) in [5, 5.41) is 7.70. The van der Waals surface area contributed by atoms with Gasteiger partial charge in [-0.15, -0.1) is 5.10 Å². The molecule has 2 aromatic rings. The van der Waals surface area contributed by atoms with Gasteiger partial charge in [0.2, 0.25) is 5.91 Å². The van der Waals surface area contributed by atoms with E-state index in [0.29, 0.717) is 11.4 Å². The number of halogens is 3. The lowest BCUT2D eigenvalue weighted by molar-refractivity contribution is -0.153. The van der Waals surface area contributed by atoms with E-state index < -0.39 is 24.6 Å². The molecule has 0 spiro atoms. The fraction of sp³-hybridized carbons (Fsp3) is 0.385. The van der Waals surface area contributed by atoms with Crippen LogP contribution in [0.4, 0.5) is 13.2 Å². The molecular formula is C13H14F3N5O2. The van der Waals surface area contributed by atoms with Crippen LogP contribution in [0.15, 0.2) is 24.5 Å². The zero-order chi connectivity index (χ0) is 17.0. The monoisotopic (exact) mass is 329 g/mol. The van der Waals surface area contributed by atoms with Crippen molar-refractivity contribution >= 4 is 5.91 Å². The molecule has 0 fully saturated rings. The number of ether oxygens (including phenoxy) is 1. The highest BCUT2D eigenvalue weighted by Crippen LogP contribution is 2.26. The molecule has 2 heterocycles. The molecule has 7 nitrogen and oxygen atoms in total. The van der Waals surface area contributed by atoms with Crippen molar-refractivity contribution in [2.24, 2.45) is 12.8 Å². The lowest BCUT2D eigenvalue weighted by atomic mass is 9.97. The van der Waals surface area contributed by atoms with Gasteiger partial charge in [-0.05, 0) is 12.1 Å². The van der Waals surface area contributed by atoms with Crippen molar-refractivity contribution in [3.05, 3.63) is 35.9 Å². The predicted octanol–water partition coefficient (Wildman–Crippen LogP) is 1.16. The van der Waals surface area contributed by atoms with Gasteiger partial charge in [0.05, 0.1) is 23.5 Å². The number of hydrogen-bond acceptors (Lipinski definition) is 5. The lowest BCUT2D eigenvalue weighted by Crippen LogP contribution is -2.19. The first kappa shape index (κ1) is 16.7. The highest BCUT2D eigenvalue weighted by atomic mass is 19.4. The van der Waals surface area contributed by atoms with Gasteiger partial charge in [0, 0.05) is 19.7 Å². The van der Waals surface area contributed by atoms with Crippen molar-refractivity contribution in [1.29, 1.82) is 0 Å². The van der Waals surface area contributed by atoms with Crippen molar-refractivity contribution in [2.75, 3.05) is 6.61 Å². The first-order valence-corrected chi connectivity index (χ1v) is 6.54. The maximum atomic E-state index is 12.1. The molecule has 0 aliphatic rings. The number of amides is 1. The molecule has 0 saturated heterocycles. The Bertz CT molecular complexity index is 669. The summed E-state index contributed by atoms with van der Waals surface area (Å²) in [6, 6.07) is 2.81. The number of aromatic nitrogens is 4. The molecule has 124 valence electrons.